The van der Waals surface area contributed by atoms with Crippen LogP contribution in [0.4, 0.5) is 15.8 Å². The number of halogens is 2. The van der Waals surface area contributed by atoms with Gasteiger partial charge in [0.2, 0.25) is 5.91 Å². The number of carbonyl (C=O) groups excluding carboxylic acids is 2. The van der Waals surface area contributed by atoms with Crippen LogP contribution in [0, 0.1) is 5.82 Å². The quantitative estimate of drug-likeness (QED) is 0.585. The van der Waals surface area contributed by atoms with Crippen LogP contribution in [0.2, 0.25) is 5.02 Å². The summed E-state index contributed by atoms with van der Waals surface area (Å²) in [6.45, 7) is 0.125. The summed E-state index contributed by atoms with van der Waals surface area (Å²) in [6, 6.07) is 19.1. The molecule has 0 unspecified atom stereocenters. The molecule has 1 spiro atoms. The Morgan fingerprint density at radius 1 is 0.969 bits per heavy atom. The van der Waals surface area contributed by atoms with Gasteiger partial charge in [-0.2, -0.15) is 0 Å². The third-order valence-corrected chi connectivity index (χ3v) is 8.16. The zero-order chi connectivity index (χ0) is 22.7. The van der Waals surface area contributed by atoms with Gasteiger partial charge in [-0.3, -0.25) is 14.5 Å². The number of sulfone groups is 1. The van der Waals surface area contributed by atoms with Crippen molar-refractivity contribution in [1.82, 2.24) is 0 Å². The van der Waals surface area contributed by atoms with E-state index in [9.17, 15) is 22.4 Å². The topological polar surface area (TPSA) is 74.8 Å². The molecular weight excluding hydrogens is 455 g/mol. The molecule has 1 atom stereocenters. The zero-order valence-electron chi connectivity index (χ0n) is 16.5. The third kappa shape index (κ3) is 2.73. The fourth-order valence-electron chi connectivity index (χ4n) is 4.44. The number of anilines is 2. The smallest absolute Gasteiger partial charge is 0.274 e. The predicted octanol–water partition coefficient (Wildman–Crippen LogP) is 3.64. The van der Waals surface area contributed by atoms with E-state index in [4.69, 9.17) is 11.6 Å². The van der Waals surface area contributed by atoms with Crippen molar-refractivity contribution in [3.8, 4) is 0 Å². The summed E-state index contributed by atoms with van der Waals surface area (Å²) < 4.78 is 40.8. The number of carbonyl (C=O) groups is 2. The van der Waals surface area contributed by atoms with Crippen LogP contribution in [0.25, 0.3) is 0 Å². The van der Waals surface area contributed by atoms with E-state index in [0.29, 0.717) is 5.69 Å². The van der Waals surface area contributed by atoms with Gasteiger partial charge in [-0.1, -0.05) is 60.1 Å². The van der Waals surface area contributed by atoms with Gasteiger partial charge in [-0.25, -0.2) is 12.8 Å². The summed E-state index contributed by atoms with van der Waals surface area (Å²) >= 11 is 5.92. The maximum absolute atomic E-state index is 13.9. The first-order chi connectivity index (χ1) is 15.3. The Kier molecular flexibility index (Phi) is 4.61. The SMILES string of the molecule is O=C1CS(=O)(=O)[C@]2(C(=O)N(Cc3ccccc3)c3ccccc32)N1c1ccc(F)c(Cl)c1. The molecular formula is C23H16ClFN2O4S. The molecule has 1 saturated heterocycles. The number of nitrogens with zero attached hydrogens (tertiary/aromatic N) is 2. The number of hydrogen-bond acceptors (Lipinski definition) is 4. The van der Waals surface area contributed by atoms with Crippen molar-refractivity contribution in [1.29, 1.82) is 0 Å². The Labute approximate surface area is 188 Å². The minimum atomic E-state index is -4.30. The molecule has 2 amide bonds. The molecule has 2 heterocycles. The van der Waals surface area contributed by atoms with Crippen molar-refractivity contribution in [3.05, 3.63) is 94.8 Å². The average Bonchev–Trinajstić information content (AvgIpc) is 3.14. The molecule has 32 heavy (non-hydrogen) atoms. The molecule has 0 saturated carbocycles. The lowest BCUT2D eigenvalue weighted by molar-refractivity contribution is -0.123. The summed E-state index contributed by atoms with van der Waals surface area (Å²) in [4.78, 5) is 27.0. The van der Waals surface area contributed by atoms with Gasteiger partial charge in [0, 0.05) is 11.3 Å². The molecule has 0 radical (unpaired) electrons. The van der Waals surface area contributed by atoms with Gasteiger partial charge in [0.25, 0.3) is 10.8 Å². The maximum atomic E-state index is 13.9. The van der Waals surface area contributed by atoms with Gasteiger partial charge in [0.15, 0.2) is 9.84 Å². The lowest BCUT2D eigenvalue weighted by Gasteiger charge is -2.32. The molecule has 6 nitrogen and oxygen atoms in total. The molecule has 1 fully saturated rings. The first-order valence-corrected chi connectivity index (χ1v) is 11.8. The van der Waals surface area contributed by atoms with E-state index in [1.807, 2.05) is 30.3 Å². The van der Waals surface area contributed by atoms with Crippen molar-refractivity contribution >= 4 is 44.6 Å². The molecule has 2 aliphatic rings. The number of fused-ring (bicyclic) bond motifs is 2. The van der Waals surface area contributed by atoms with Crippen LogP contribution in [-0.4, -0.2) is 26.0 Å². The van der Waals surface area contributed by atoms with E-state index < -0.39 is 38.1 Å². The van der Waals surface area contributed by atoms with Gasteiger partial charge >= 0.3 is 0 Å². The Balaban J connectivity index is 1.75. The van der Waals surface area contributed by atoms with Crippen LogP contribution in [0.5, 0.6) is 0 Å². The zero-order valence-corrected chi connectivity index (χ0v) is 18.1. The van der Waals surface area contributed by atoms with E-state index in [0.717, 1.165) is 22.6 Å². The highest BCUT2D eigenvalue weighted by Crippen LogP contribution is 2.53. The Bertz CT molecular complexity index is 1380. The van der Waals surface area contributed by atoms with Crippen LogP contribution in [0.1, 0.15) is 11.1 Å². The molecule has 3 aromatic carbocycles. The van der Waals surface area contributed by atoms with Crippen molar-refractivity contribution in [2.45, 2.75) is 11.4 Å². The van der Waals surface area contributed by atoms with Crippen LogP contribution in [-0.2, 0) is 30.8 Å². The summed E-state index contributed by atoms with van der Waals surface area (Å²) in [5, 5.41) is -0.283. The minimum Gasteiger partial charge on any atom is -0.304 e. The second kappa shape index (κ2) is 7.15. The number of para-hydroxylation sites is 1. The van der Waals surface area contributed by atoms with Crippen LogP contribution in [0.15, 0.2) is 72.8 Å². The molecule has 0 bridgehead atoms. The molecule has 9 heteroatoms. The third-order valence-electron chi connectivity index (χ3n) is 5.77. The highest BCUT2D eigenvalue weighted by atomic mass is 35.5. The Morgan fingerprint density at radius 3 is 2.38 bits per heavy atom. The van der Waals surface area contributed by atoms with Gasteiger partial charge in [0.1, 0.15) is 11.6 Å². The van der Waals surface area contributed by atoms with Gasteiger partial charge in [0.05, 0.1) is 17.3 Å². The molecule has 2 aliphatic heterocycles. The van der Waals surface area contributed by atoms with E-state index >= 15 is 0 Å². The average molecular weight is 471 g/mol. The number of hydrogen-bond donors (Lipinski definition) is 0. The minimum absolute atomic E-state index is 0.0344. The normalized spacial score (nSPS) is 21.4. The second-order valence-electron chi connectivity index (χ2n) is 7.62. The number of rotatable bonds is 3. The van der Waals surface area contributed by atoms with Crippen LogP contribution >= 0.6 is 11.6 Å². The lowest BCUT2D eigenvalue weighted by Crippen LogP contribution is -2.54. The summed E-state index contributed by atoms with van der Waals surface area (Å²) in [5.74, 6) is -3.10. The lowest BCUT2D eigenvalue weighted by atomic mass is 10.0. The van der Waals surface area contributed by atoms with Gasteiger partial charge in [-0.15, -0.1) is 0 Å². The first-order valence-electron chi connectivity index (χ1n) is 9.73. The molecule has 0 aromatic heterocycles. The fraction of sp³-hybridized carbons (Fsp3) is 0.130. The van der Waals surface area contributed by atoms with Crippen molar-refractivity contribution in [3.63, 3.8) is 0 Å². The van der Waals surface area contributed by atoms with Gasteiger partial charge < -0.3 is 4.90 Å². The van der Waals surface area contributed by atoms with E-state index in [-0.39, 0.29) is 22.8 Å². The van der Waals surface area contributed by atoms with E-state index in [2.05, 4.69) is 0 Å². The maximum Gasteiger partial charge on any atom is 0.274 e. The van der Waals surface area contributed by atoms with Gasteiger partial charge in [-0.05, 0) is 29.8 Å². The predicted molar refractivity (Wildman–Crippen MR) is 118 cm³/mol. The second-order valence-corrected chi connectivity index (χ2v) is 10.1. The highest BCUT2D eigenvalue weighted by molar-refractivity contribution is 7.94. The highest BCUT2D eigenvalue weighted by Gasteiger charge is 2.69. The summed E-state index contributed by atoms with van der Waals surface area (Å²) in [5.41, 5.74) is 1.42. The molecule has 5 rings (SSSR count). The number of benzene rings is 3. The molecule has 0 aliphatic carbocycles. The van der Waals surface area contributed by atoms with E-state index in [1.54, 1.807) is 18.2 Å². The van der Waals surface area contributed by atoms with Crippen LogP contribution < -0.4 is 9.80 Å². The monoisotopic (exact) mass is 470 g/mol. The van der Waals surface area contributed by atoms with Crippen molar-refractivity contribution < 1.29 is 22.4 Å². The van der Waals surface area contributed by atoms with Crippen molar-refractivity contribution in [2.24, 2.45) is 0 Å². The summed E-state index contributed by atoms with van der Waals surface area (Å²) in [7, 11) is -4.30. The molecule has 0 N–H and O–H groups in total. The largest absolute Gasteiger partial charge is 0.304 e. The fourth-order valence-corrected chi connectivity index (χ4v) is 6.65. The summed E-state index contributed by atoms with van der Waals surface area (Å²) in [6.07, 6.45) is 0. The van der Waals surface area contributed by atoms with Crippen molar-refractivity contribution in [2.75, 3.05) is 15.6 Å². The van der Waals surface area contributed by atoms with Crippen LogP contribution in [0.3, 0.4) is 0 Å². The van der Waals surface area contributed by atoms with E-state index in [1.165, 1.54) is 17.0 Å². The Hall–Kier alpha value is -3.23. The molecule has 3 aromatic rings. The standard InChI is InChI=1S/C23H16ClFN2O4S/c24-18-12-16(10-11-19(18)25)27-21(28)14-32(30,31)23(27)17-8-4-5-9-20(17)26(22(23)29)13-15-6-2-1-3-7-15/h1-12H,13-14H2/t23-/m1/s1. The molecule has 162 valence electrons. The number of amides is 2. The Morgan fingerprint density at radius 2 is 1.66 bits per heavy atom. The first kappa shape index (κ1) is 20.7.